The zero-order valence-corrected chi connectivity index (χ0v) is 15.9. The molecular weight excluding hydrogens is 344 g/mol. The van der Waals surface area contributed by atoms with Gasteiger partial charge in [-0.15, -0.1) is 0 Å². The maximum Gasteiger partial charge on any atom is 0.0718 e. The van der Waals surface area contributed by atoms with Crippen LogP contribution in [0.1, 0.15) is 11.1 Å². The Bertz CT molecular complexity index is 510. The first kappa shape index (κ1) is 21.5. The number of hydrogen-bond donors (Lipinski definition) is 0. The fourth-order valence-corrected chi connectivity index (χ4v) is 2.31. The summed E-state index contributed by atoms with van der Waals surface area (Å²) < 4.78 is 27.5. The van der Waals surface area contributed by atoms with Crippen molar-refractivity contribution in [2.24, 2.45) is 0 Å². The molecule has 2 aromatic carbocycles. The van der Waals surface area contributed by atoms with Gasteiger partial charge in [-0.1, -0.05) is 60.7 Å². The van der Waals surface area contributed by atoms with Gasteiger partial charge < -0.3 is 23.7 Å². The average Bonchev–Trinajstić information content (AvgIpc) is 2.72. The molecule has 5 heteroatoms. The molecule has 0 aliphatic carbocycles. The highest BCUT2D eigenvalue weighted by atomic mass is 16.6. The van der Waals surface area contributed by atoms with Crippen molar-refractivity contribution in [3.63, 3.8) is 0 Å². The highest BCUT2D eigenvalue weighted by Crippen LogP contribution is 2.00. The highest BCUT2D eigenvalue weighted by molar-refractivity contribution is 5.14. The number of hydrogen-bond acceptors (Lipinski definition) is 5. The van der Waals surface area contributed by atoms with Crippen LogP contribution < -0.4 is 0 Å². The van der Waals surface area contributed by atoms with Gasteiger partial charge in [0.25, 0.3) is 0 Å². The lowest BCUT2D eigenvalue weighted by Crippen LogP contribution is -2.13. The minimum absolute atomic E-state index is 0.562. The molecule has 0 fully saturated rings. The van der Waals surface area contributed by atoms with E-state index in [1.165, 1.54) is 11.1 Å². The maximum atomic E-state index is 5.54. The Kier molecular flexibility index (Phi) is 12.2. The summed E-state index contributed by atoms with van der Waals surface area (Å²) in [5.74, 6) is 0. The zero-order valence-electron chi connectivity index (χ0n) is 15.9. The van der Waals surface area contributed by atoms with E-state index < -0.39 is 0 Å². The van der Waals surface area contributed by atoms with Gasteiger partial charge in [-0.05, 0) is 11.1 Å². The molecule has 5 nitrogen and oxygen atoms in total. The Hall–Kier alpha value is -1.76. The predicted molar refractivity (Wildman–Crippen MR) is 105 cm³/mol. The van der Waals surface area contributed by atoms with Crippen molar-refractivity contribution in [2.45, 2.75) is 13.2 Å². The molecule has 0 amide bonds. The normalized spacial score (nSPS) is 11.0. The minimum Gasteiger partial charge on any atom is -0.377 e. The van der Waals surface area contributed by atoms with Crippen LogP contribution in [-0.4, -0.2) is 52.9 Å². The van der Waals surface area contributed by atoms with E-state index in [0.29, 0.717) is 66.1 Å². The first-order chi connectivity index (χ1) is 13.4. The molecule has 27 heavy (non-hydrogen) atoms. The third kappa shape index (κ3) is 11.5. The van der Waals surface area contributed by atoms with Crippen LogP contribution in [-0.2, 0) is 36.9 Å². The second-order valence-corrected chi connectivity index (χ2v) is 5.91. The summed E-state index contributed by atoms with van der Waals surface area (Å²) in [6, 6.07) is 20.2. The summed E-state index contributed by atoms with van der Waals surface area (Å²) in [6.07, 6.45) is 0. The molecule has 0 atom stereocenters. The van der Waals surface area contributed by atoms with Crippen molar-refractivity contribution in [2.75, 3.05) is 52.9 Å². The maximum absolute atomic E-state index is 5.54. The molecule has 0 aromatic heterocycles. The lowest BCUT2D eigenvalue weighted by Gasteiger charge is -2.08. The van der Waals surface area contributed by atoms with Gasteiger partial charge in [0, 0.05) is 0 Å². The molecule has 0 N–H and O–H groups in total. The second-order valence-electron chi connectivity index (χ2n) is 5.91. The van der Waals surface area contributed by atoms with Crippen LogP contribution in [0.5, 0.6) is 0 Å². The summed E-state index contributed by atoms with van der Waals surface area (Å²) in [4.78, 5) is 0. The third-order valence-corrected chi connectivity index (χ3v) is 3.71. The molecule has 2 aromatic rings. The molecule has 0 aliphatic heterocycles. The van der Waals surface area contributed by atoms with Gasteiger partial charge in [0.1, 0.15) is 0 Å². The van der Waals surface area contributed by atoms with Crippen molar-refractivity contribution in [1.82, 2.24) is 0 Å². The molecule has 2 rings (SSSR count). The van der Waals surface area contributed by atoms with Gasteiger partial charge in [-0.2, -0.15) is 0 Å². The third-order valence-electron chi connectivity index (χ3n) is 3.71. The van der Waals surface area contributed by atoms with Crippen molar-refractivity contribution < 1.29 is 23.7 Å². The number of benzene rings is 2. The molecule has 0 radical (unpaired) electrons. The quantitative estimate of drug-likeness (QED) is 0.421. The van der Waals surface area contributed by atoms with Gasteiger partial charge in [0.15, 0.2) is 0 Å². The topological polar surface area (TPSA) is 46.2 Å². The SMILES string of the molecule is c1ccc(COCCOCCOCCOCCOCc2ccccc2)cc1. The first-order valence-electron chi connectivity index (χ1n) is 9.42. The molecular formula is C22H30O5. The lowest BCUT2D eigenvalue weighted by atomic mass is 10.2. The van der Waals surface area contributed by atoms with E-state index in [0.717, 1.165) is 0 Å². The standard InChI is InChI=1S/C22H30O5/c1-3-7-21(8-4-1)19-26-17-15-24-13-11-23-12-14-25-16-18-27-20-22-9-5-2-6-10-22/h1-10H,11-20H2. The fraction of sp³-hybridized carbons (Fsp3) is 0.455. The van der Waals surface area contributed by atoms with Gasteiger partial charge in [0.2, 0.25) is 0 Å². The van der Waals surface area contributed by atoms with Gasteiger partial charge >= 0.3 is 0 Å². The Labute approximate surface area is 162 Å². The van der Waals surface area contributed by atoms with E-state index in [1.54, 1.807) is 0 Å². The molecule has 0 unspecified atom stereocenters. The van der Waals surface area contributed by atoms with E-state index in [2.05, 4.69) is 0 Å². The summed E-state index contributed by atoms with van der Waals surface area (Å²) in [7, 11) is 0. The Morgan fingerprint density at radius 3 is 1.00 bits per heavy atom. The molecule has 0 bridgehead atoms. The van der Waals surface area contributed by atoms with E-state index >= 15 is 0 Å². The molecule has 148 valence electrons. The van der Waals surface area contributed by atoms with Crippen LogP contribution in [0.4, 0.5) is 0 Å². The zero-order chi connectivity index (χ0) is 18.8. The molecule has 0 saturated carbocycles. The van der Waals surface area contributed by atoms with Crippen molar-refractivity contribution in [3.8, 4) is 0 Å². The Morgan fingerprint density at radius 1 is 0.370 bits per heavy atom. The molecule has 0 saturated heterocycles. The lowest BCUT2D eigenvalue weighted by molar-refractivity contribution is -0.0138. The average molecular weight is 374 g/mol. The van der Waals surface area contributed by atoms with E-state index in [4.69, 9.17) is 23.7 Å². The number of rotatable bonds is 16. The first-order valence-corrected chi connectivity index (χ1v) is 9.42. The number of ether oxygens (including phenoxy) is 5. The van der Waals surface area contributed by atoms with Gasteiger partial charge in [-0.3, -0.25) is 0 Å². The summed E-state index contributed by atoms with van der Waals surface area (Å²) in [6.45, 7) is 5.81. The summed E-state index contributed by atoms with van der Waals surface area (Å²) >= 11 is 0. The molecule has 0 aliphatic rings. The summed E-state index contributed by atoms with van der Waals surface area (Å²) in [5.41, 5.74) is 2.34. The molecule has 0 heterocycles. The largest absolute Gasteiger partial charge is 0.377 e. The fourth-order valence-electron chi connectivity index (χ4n) is 2.31. The van der Waals surface area contributed by atoms with Crippen molar-refractivity contribution in [3.05, 3.63) is 71.8 Å². The van der Waals surface area contributed by atoms with Crippen LogP contribution in [0.3, 0.4) is 0 Å². The molecule has 0 spiro atoms. The van der Waals surface area contributed by atoms with Crippen molar-refractivity contribution in [1.29, 1.82) is 0 Å². The van der Waals surface area contributed by atoms with Gasteiger partial charge in [0.05, 0.1) is 66.1 Å². The predicted octanol–water partition coefficient (Wildman–Crippen LogP) is 3.47. The highest BCUT2D eigenvalue weighted by Gasteiger charge is 1.95. The van der Waals surface area contributed by atoms with Gasteiger partial charge in [-0.25, -0.2) is 0 Å². The minimum atomic E-state index is 0.562. The van der Waals surface area contributed by atoms with Crippen LogP contribution in [0.2, 0.25) is 0 Å². The van der Waals surface area contributed by atoms with Crippen LogP contribution in [0, 0.1) is 0 Å². The van der Waals surface area contributed by atoms with Crippen LogP contribution in [0.25, 0.3) is 0 Å². The smallest absolute Gasteiger partial charge is 0.0718 e. The van der Waals surface area contributed by atoms with E-state index in [9.17, 15) is 0 Å². The Morgan fingerprint density at radius 2 is 0.667 bits per heavy atom. The van der Waals surface area contributed by atoms with Crippen LogP contribution in [0.15, 0.2) is 60.7 Å². The Balaban J connectivity index is 1.26. The van der Waals surface area contributed by atoms with Crippen LogP contribution >= 0.6 is 0 Å². The monoisotopic (exact) mass is 374 g/mol. The second kappa shape index (κ2) is 15.3. The van der Waals surface area contributed by atoms with Crippen molar-refractivity contribution >= 4 is 0 Å². The van der Waals surface area contributed by atoms with E-state index in [-0.39, 0.29) is 0 Å². The summed E-state index contributed by atoms with van der Waals surface area (Å²) in [5, 5.41) is 0. The van der Waals surface area contributed by atoms with E-state index in [1.807, 2.05) is 60.7 Å².